The van der Waals surface area contributed by atoms with Crippen LogP contribution in [0.25, 0.3) is 0 Å². The quantitative estimate of drug-likeness (QED) is 0.593. The molecule has 1 unspecified atom stereocenters. The van der Waals surface area contributed by atoms with Crippen LogP contribution in [0.4, 0.5) is 0 Å². The van der Waals surface area contributed by atoms with Crippen molar-refractivity contribution >= 4 is 6.41 Å². The number of likely N-dealkylation sites (tertiary alicyclic amines) is 1. The Bertz CT molecular complexity index is 136. The summed E-state index contributed by atoms with van der Waals surface area (Å²) in [6.07, 6.45) is 1.89. The number of carbonyl (C=O) groups is 1. The first-order valence-corrected chi connectivity index (χ1v) is 4.17. The second-order valence-corrected chi connectivity index (χ2v) is 3.36. The number of carbonyl (C=O) groups excluding carboxylic acids is 1. The van der Waals surface area contributed by atoms with E-state index in [0.717, 1.165) is 25.9 Å². The normalized spacial score (nSPS) is 25.9. The summed E-state index contributed by atoms with van der Waals surface area (Å²) in [5.74, 6) is 0. The van der Waals surface area contributed by atoms with Gasteiger partial charge in [0.2, 0.25) is 6.41 Å². The molecule has 0 aliphatic carbocycles. The molecule has 3 nitrogen and oxygen atoms in total. The molecule has 1 heterocycles. The second-order valence-electron chi connectivity index (χ2n) is 3.36. The van der Waals surface area contributed by atoms with Gasteiger partial charge in [0.25, 0.3) is 0 Å². The highest BCUT2D eigenvalue weighted by molar-refractivity contribution is 5.46. The van der Waals surface area contributed by atoms with Gasteiger partial charge in [-0.15, -0.1) is 0 Å². The molecule has 0 aromatic heterocycles. The highest BCUT2D eigenvalue weighted by Gasteiger charge is 2.22. The van der Waals surface area contributed by atoms with Crippen LogP contribution >= 0.6 is 0 Å². The fraction of sp³-hybridized carbons (Fsp3) is 0.875. The van der Waals surface area contributed by atoms with Gasteiger partial charge in [-0.25, -0.2) is 0 Å². The van der Waals surface area contributed by atoms with E-state index in [2.05, 4.69) is 24.1 Å². The zero-order valence-corrected chi connectivity index (χ0v) is 7.21. The predicted molar refractivity (Wildman–Crippen MR) is 44.3 cm³/mol. The van der Waals surface area contributed by atoms with E-state index in [9.17, 15) is 4.79 Å². The van der Waals surface area contributed by atoms with E-state index >= 15 is 0 Å². The Labute approximate surface area is 67.8 Å². The monoisotopic (exact) mass is 156 g/mol. The summed E-state index contributed by atoms with van der Waals surface area (Å²) < 4.78 is 0. The summed E-state index contributed by atoms with van der Waals surface area (Å²) in [4.78, 5) is 12.5. The number of amides is 1. The lowest BCUT2D eigenvalue weighted by Gasteiger charge is -2.19. The van der Waals surface area contributed by atoms with E-state index in [4.69, 9.17) is 0 Å². The Kier molecular flexibility index (Phi) is 2.88. The second kappa shape index (κ2) is 3.72. The molecule has 1 rings (SSSR count). The minimum atomic E-state index is 0.384. The summed E-state index contributed by atoms with van der Waals surface area (Å²) in [5, 5.41) is 2.81. The number of rotatable bonds is 3. The fourth-order valence-corrected chi connectivity index (χ4v) is 1.49. The number of hydrogen-bond acceptors (Lipinski definition) is 2. The minimum Gasteiger partial charge on any atom is -0.355 e. The summed E-state index contributed by atoms with van der Waals surface area (Å²) in [6.45, 7) is 6.49. The zero-order chi connectivity index (χ0) is 8.27. The first-order chi connectivity index (χ1) is 5.24. The molecule has 1 amide bonds. The average molecular weight is 156 g/mol. The third-order valence-corrected chi connectivity index (χ3v) is 2.25. The molecule has 0 saturated carbocycles. The number of hydrogen-bond donors (Lipinski definition) is 1. The van der Waals surface area contributed by atoms with Gasteiger partial charge in [-0.1, -0.05) is 0 Å². The average Bonchev–Trinajstić information content (AvgIpc) is 2.37. The van der Waals surface area contributed by atoms with Crippen LogP contribution in [0.15, 0.2) is 0 Å². The third-order valence-electron chi connectivity index (χ3n) is 2.25. The van der Waals surface area contributed by atoms with Gasteiger partial charge in [0.1, 0.15) is 0 Å². The summed E-state index contributed by atoms with van der Waals surface area (Å²) >= 11 is 0. The molecule has 0 bridgehead atoms. The molecule has 11 heavy (non-hydrogen) atoms. The van der Waals surface area contributed by atoms with E-state index in [1.807, 2.05) is 0 Å². The maximum absolute atomic E-state index is 10.1. The van der Waals surface area contributed by atoms with Gasteiger partial charge in [-0.05, 0) is 20.3 Å². The topological polar surface area (TPSA) is 32.3 Å². The molecule has 64 valence electrons. The zero-order valence-electron chi connectivity index (χ0n) is 7.21. The maximum atomic E-state index is 10.1. The van der Waals surface area contributed by atoms with Crippen LogP contribution in [0, 0.1) is 0 Å². The van der Waals surface area contributed by atoms with Crippen LogP contribution in [0.1, 0.15) is 20.3 Å². The van der Waals surface area contributed by atoms with Gasteiger partial charge in [0.15, 0.2) is 0 Å². The molecule has 0 aromatic rings. The fourth-order valence-electron chi connectivity index (χ4n) is 1.49. The van der Waals surface area contributed by atoms with Crippen LogP contribution in [0.5, 0.6) is 0 Å². The maximum Gasteiger partial charge on any atom is 0.207 e. The Morgan fingerprint density at radius 1 is 1.64 bits per heavy atom. The lowest BCUT2D eigenvalue weighted by atomic mass is 10.3. The highest BCUT2D eigenvalue weighted by atomic mass is 16.1. The highest BCUT2D eigenvalue weighted by Crippen LogP contribution is 2.11. The van der Waals surface area contributed by atoms with Gasteiger partial charge in [0, 0.05) is 25.2 Å². The van der Waals surface area contributed by atoms with E-state index in [1.165, 1.54) is 0 Å². The molecule has 1 aliphatic heterocycles. The SMILES string of the molecule is CC(C)N1CCC(NC=O)C1. The van der Waals surface area contributed by atoms with Gasteiger partial charge >= 0.3 is 0 Å². The predicted octanol–water partition coefficient (Wildman–Crippen LogP) is 0.215. The molecule has 1 aliphatic rings. The molecule has 0 aromatic carbocycles. The van der Waals surface area contributed by atoms with Gasteiger partial charge in [0.05, 0.1) is 0 Å². The Morgan fingerprint density at radius 2 is 2.36 bits per heavy atom. The van der Waals surface area contributed by atoms with Crippen LogP contribution in [0.2, 0.25) is 0 Å². The van der Waals surface area contributed by atoms with Crippen molar-refractivity contribution in [3.63, 3.8) is 0 Å². The lowest BCUT2D eigenvalue weighted by molar-refractivity contribution is -0.110. The van der Waals surface area contributed by atoms with Crippen LogP contribution in [-0.4, -0.2) is 36.5 Å². The Hall–Kier alpha value is -0.570. The third kappa shape index (κ3) is 2.19. The largest absolute Gasteiger partial charge is 0.355 e. The minimum absolute atomic E-state index is 0.384. The Balaban J connectivity index is 2.28. The van der Waals surface area contributed by atoms with Crippen molar-refractivity contribution < 1.29 is 4.79 Å². The Morgan fingerprint density at radius 3 is 2.82 bits per heavy atom. The first-order valence-electron chi connectivity index (χ1n) is 4.17. The van der Waals surface area contributed by atoms with E-state index in [1.54, 1.807) is 0 Å². The van der Waals surface area contributed by atoms with E-state index in [-0.39, 0.29) is 0 Å². The molecular formula is C8H16N2O. The van der Waals surface area contributed by atoms with Gasteiger partial charge < -0.3 is 5.32 Å². The summed E-state index contributed by atoms with van der Waals surface area (Å²) in [5.41, 5.74) is 0. The van der Waals surface area contributed by atoms with Gasteiger partial charge in [-0.2, -0.15) is 0 Å². The smallest absolute Gasteiger partial charge is 0.207 e. The van der Waals surface area contributed by atoms with E-state index < -0.39 is 0 Å². The van der Waals surface area contributed by atoms with Crippen LogP contribution < -0.4 is 5.32 Å². The van der Waals surface area contributed by atoms with Crippen molar-refractivity contribution in [2.75, 3.05) is 13.1 Å². The van der Waals surface area contributed by atoms with Crippen molar-refractivity contribution in [2.45, 2.75) is 32.4 Å². The van der Waals surface area contributed by atoms with Crippen molar-refractivity contribution in [2.24, 2.45) is 0 Å². The molecule has 1 atom stereocenters. The molecule has 1 saturated heterocycles. The lowest BCUT2D eigenvalue weighted by Crippen LogP contribution is -2.34. The first kappa shape index (κ1) is 8.53. The standard InChI is InChI=1S/C8H16N2O/c1-7(2)10-4-3-8(5-10)9-6-11/h6-8H,3-5H2,1-2H3,(H,9,11). The van der Waals surface area contributed by atoms with Gasteiger partial charge in [-0.3, -0.25) is 9.69 Å². The van der Waals surface area contributed by atoms with Crippen molar-refractivity contribution in [1.82, 2.24) is 10.2 Å². The molecule has 1 N–H and O–H groups in total. The van der Waals surface area contributed by atoms with Crippen molar-refractivity contribution in [1.29, 1.82) is 0 Å². The van der Waals surface area contributed by atoms with E-state index in [0.29, 0.717) is 12.1 Å². The molecule has 0 radical (unpaired) electrons. The van der Waals surface area contributed by atoms with Crippen LogP contribution in [-0.2, 0) is 4.79 Å². The van der Waals surface area contributed by atoms with Crippen molar-refractivity contribution in [3.8, 4) is 0 Å². The molecule has 0 spiro atoms. The summed E-state index contributed by atoms with van der Waals surface area (Å²) in [7, 11) is 0. The molecule has 3 heteroatoms. The van der Waals surface area contributed by atoms with Crippen LogP contribution in [0.3, 0.4) is 0 Å². The molecular weight excluding hydrogens is 140 g/mol. The van der Waals surface area contributed by atoms with Crippen molar-refractivity contribution in [3.05, 3.63) is 0 Å². The number of nitrogens with zero attached hydrogens (tertiary/aromatic N) is 1. The number of nitrogens with one attached hydrogen (secondary N) is 1. The summed E-state index contributed by atoms with van der Waals surface area (Å²) in [6, 6.07) is 0.989. The molecule has 1 fully saturated rings.